The minimum atomic E-state index is -6.63. The first-order valence-electron chi connectivity index (χ1n) is 8.77. The first-order valence-corrected chi connectivity index (χ1v) is 13.4. The second kappa shape index (κ2) is 10.1. The van der Waals surface area contributed by atoms with E-state index in [0.717, 1.165) is 10.8 Å². The summed E-state index contributed by atoms with van der Waals surface area (Å²) in [6, 6.07) is -1.11. The zero-order valence-corrected chi connectivity index (χ0v) is 19.8. The van der Waals surface area contributed by atoms with Gasteiger partial charge in [0, 0.05) is 30.2 Å². The number of hydrogen-bond donors (Lipinski definition) is 4. The van der Waals surface area contributed by atoms with Gasteiger partial charge in [0.05, 0.1) is 18.8 Å². The Kier molecular flexibility index (Phi) is 8.46. The number of nitrogens with zero attached hydrogens (tertiary/aromatic N) is 4. The number of halogens is 2. The Bertz CT molecular complexity index is 1240. The Labute approximate surface area is 187 Å². The summed E-state index contributed by atoms with van der Waals surface area (Å²) in [4.78, 5) is 54.7. The molecule has 192 valence electrons. The fourth-order valence-corrected chi connectivity index (χ4v) is 6.66. The molecule has 5 atom stereocenters. The normalized spacial score (nSPS) is 24.7. The molecule has 0 amide bonds. The van der Waals surface area contributed by atoms with Crippen LogP contribution in [0.3, 0.4) is 0 Å². The Balaban J connectivity index is 2.24. The van der Waals surface area contributed by atoms with E-state index < -0.39 is 64.6 Å². The molecule has 1 unspecified atom stereocenters. The lowest BCUT2D eigenvalue weighted by Crippen LogP contribution is -2.33. The van der Waals surface area contributed by atoms with Crippen molar-refractivity contribution in [3.05, 3.63) is 43.0 Å². The predicted molar refractivity (Wildman–Crippen MR) is 106 cm³/mol. The summed E-state index contributed by atoms with van der Waals surface area (Å²) in [5, 5.41) is -2.24. The highest BCUT2D eigenvalue weighted by molar-refractivity contribution is 7.75. The van der Waals surface area contributed by atoms with Gasteiger partial charge in [-0.2, -0.15) is 8.78 Å². The monoisotopic (exact) mass is 555 g/mol. The molecule has 0 radical (unpaired) electrons. The van der Waals surface area contributed by atoms with E-state index in [9.17, 15) is 37.0 Å². The highest BCUT2D eigenvalue weighted by atomic mass is 31.3. The quantitative estimate of drug-likeness (QED) is 0.139. The maximum Gasteiger partial charge on any atom is 0.482 e. The maximum absolute atomic E-state index is 13.6. The lowest BCUT2D eigenvalue weighted by Gasteiger charge is -2.26. The second-order valence-corrected chi connectivity index (χ2v) is 12.5. The Morgan fingerprint density at radius 3 is 2.50 bits per heavy atom. The number of aromatic nitrogens is 2. The summed E-state index contributed by atoms with van der Waals surface area (Å²) in [6.07, 6.45) is -1.50. The van der Waals surface area contributed by atoms with Crippen LogP contribution >= 0.6 is 23.0 Å². The molecule has 0 aromatic carbocycles. The van der Waals surface area contributed by atoms with Crippen LogP contribution in [0.2, 0.25) is 0 Å². The minimum Gasteiger partial charge on any atom is -0.352 e. The number of nitrogens with one attached hydrogen (secondary N) is 1. The van der Waals surface area contributed by atoms with Crippen molar-refractivity contribution in [2.24, 2.45) is 5.11 Å². The lowest BCUT2D eigenvalue weighted by molar-refractivity contribution is -0.0276. The molecule has 1 saturated heterocycles. The van der Waals surface area contributed by atoms with E-state index in [1.807, 2.05) is 4.98 Å². The molecule has 2 rings (SSSR count). The molecule has 1 aromatic rings. The Morgan fingerprint density at radius 1 is 1.35 bits per heavy atom. The van der Waals surface area contributed by atoms with Crippen molar-refractivity contribution in [3.8, 4) is 0 Å². The van der Waals surface area contributed by atoms with Gasteiger partial charge in [0.15, 0.2) is 0 Å². The highest BCUT2D eigenvalue weighted by Gasteiger charge is 2.67. The van der Waals surface area contributed by atoms with Gasteiger partial charge in [0.1, 0.15) is 6.23 Å². The van der Waals surface area contributed by atoms with Gasteiger partial charge in [-0.1, -0.05) is 5.11 Å². The summed E-state index contributed by atoms with van der Waals surface area (Å²) in [7, 11) is -18.0. The topological polar surface area (TPSA) is 252 Å². The van der Waals surface area contributed by atoms with Crippen LogP contribution in [0.4, 0.5) is 8.78 Å². The molecular formula is C12H18F2N5O12P3. The molecule has 0 aliphatic carbocycles. The summed E-state index contributed by atoms with van der Waals surface area (Å²) < 4.78 is 81.5. The number of aryl methyl sites for hydroxylation is 1. The molecule has 34 heavy (non-hydrogen) atoms. The molecule has 4 N–H and O–H groups in total. The van der Waals surface area contributed by atoms with Crippen LogP contribution in [0.5, 0.6) is 0 Å². The van der Waals surface area contributed by atoms with Gasteiger partial charge in [-0.05, 0) is 12.5 Å². The zero-order valence-electron chi connectivity index (χ0n) is 17.1. The Morgan fingerprint density at radius 2 is 1.97 bits per heavy atom. The summed E-state index contributed by atoms with van der Waals surface area (Å²) in [5.74, 6) is 0. The fourth-order valence-electron chi connectivity index (χ4n) is 2.65. The number of phosphoric ester groups is 1. The van der Waals surface area contributed by atoms with Crippen molar-refractivity contribution in [1.29, 1.82) is 0 Å². The molecule has 2 heterocycles. The highest BCUT2D eigenvalue weighted by Crippen LogP contribution is 2.78. The third kappa shape index (κ3) is 5.90. The number of hydrogen-bond acceptors (Lipinski definition) is 10. The summed E-state index contributed by atoms with van der Waals surface area (Å²) >= 11 is 0. The molecule has 22 heteroatoms. The van der Waals surface area contributed by atoms with Crippen LogP contribution < -0.4 is 11.2 Å². The van der Waals surface area contributed by atoms with Crippen LogP contribution in [-0.2, 0) is 31.8 Å². The number of phosphoric acid groups is 1. The van der Waals surface area contributed by atoms with E-state index in [0.29, 0.717) is 7.11 Å². The Hall–Kier alpha value is -1.74. The fraction of sp³-hybridized carbons (Fsp3) is 0.667. The van der Waals surface area contributed by atoms with Gasteiger partial charge in [-0.15, -0.1) is 0 Å². The number of H-pyrrole nitrogens is 1. The maximum atomic E-state index is 13.6. The molecule has 0 spiro atoms. The van der Waals surface area contributed by atoms with E-state index in [2.05, 4.69) is 23.4 Å². The third-order valence-electron chi connectivity index (χ3n) is 4.38. The van der Waals surface area contributed by atoms with E-state index in [4.69, 9.17) is 20.1 Å². The lowest BCUT2D eigenvalue weighted by atomic mass is 10.1. The van der Waals surface area contributed by atoms with Crippen LogP contribution in [0.25, 0.3) is 10.4 Å². The molecule has 0 saturated carbocycles. The number of ether oxygens (including phenoxy) is 1. The van der Waals surface area contributed by atoms with Gasteiger partial charge in [-0.25, -0.2) is 13.7 Å². The SMILES string of the molecule is CO[P@](=O)(OC[C@H]1O[C@@H](n2cc(C)c(=O)[nH]c2=O)C[C@@H]1N=[N+]=[N-])OP(=O)(O)C(F)(F)P(=O)(O)O. The number of aromatic amines is 1. The molecule has 1 aliphatic heterocycles. The van der Waals surface area contributed by atoms with Crippen LogP contribution in [-0.4, -0.2) is 55.5 Å². The second-order valence-electron chi connectivity index (χ2n) is 6.70. The van der Waals surface area contributed by atoms with Gasteiger partial charge in [0.2, 0.25) is 0 Å². The summed E-state index contributed by atoms with van der Waals surface area (Å²) in [5.41, 5.74) is 7.33. The smallest absolute Gasteiger partial charge is 0.352 e. The van der Waals surface area contributed by atoms with Crippen molar-refractivity contribution in [3.63, 3.8) is 0 Å². The minimum absolute atomic E-state index is 0.130. The number of alkyl halides is 2. The van der Waals surface area contributed by atoms with Crippen molar-refractivity contribution in [1.82, 2.24) is 9.55 Å². The molecule has 1 aromatic heterocycles. The van der Waals surface area contributed by atoms with E-state index in [1.54, 1.807) is 0 Å². The number of azide groups is 1. The van der Waals surface area contributed by atoms with Crippen LogP contribution in [0.15, 0.2) is 20.9 Å². The van der Waals surface area contributed by atoms with Crippen molar-refractivity contribution >= 4 is 23.0 Å². The average Bonchev–Trinajstić information content (AvgIpc) is 3.11. The van der Waals surface area contributed by atoms with Gasteiger partial charge in [0.25, 0.3) is 5.56 Å². The largest absolute Gasteiger partial charge is 0.482 e. The molecule has 1 aliphatic rings. The van der Waals surface area contributed by atoms with Crippen LogP contribution in [0.1, 0.15) is 18.2 Å². The number of rotatable bonds is 10. The zero-order chi connectivity index (χ0) is 26.1. The molecule has 0 bridgehead atoms. The van der Waals surface area contributed by atoms with Crippen LogP contribution in [0, 0.1) is 6.92 Å². The predicted octanol–water partition coefficient (Wildman–Crippen LogP) is 1.51. The van der Waals surface area contributed by atoms with Gasteiger partial charge in [-0.3, -0.25) is 32.5 Å². The van der Waals surface area contributed by atoms with Gasteiger partial charge < -0.3 is 19.4 Å². The first kappa shape index (κ1) is 28.5. The summed E-state index contributed by atoms with van der Waals surface area (Å²) in [6.45, 7) is 0.450. The van der Waals surface area contributed by atoms with E-state index in [1.165, 1.54) is 6.92 Å². The standard InChI is InChI=1S/C12H18F2N5O12P3/c1-6-4-19(11(21)16-10(6)20)9-3-7(17-18-15)8(30-9)5-29-34(27,28-2)31-33(25,26)12(13,14)32(22,23)24/h4,7-9H,3,5H2,1-2H3,(H,25,26)(H,16,20,21)(H2,22,23,24)/t7-,8+,9+,34+/m0/s1. The van der Waals surface area contributed by atoms with Crippen molar-refractivity contribution in [2.45, 2.75) is 37.1 Å². The molecule has 1 fully saturated rings. The van der Waals surface area contributed by atoms with Gasteiger partial charge >= 0.3 is 34.1 Å². The third-order valence-corrected chi connectivity index (χ3v) is 9.90. The molecule has 17 nitrogen and oxygen atoms in total. The average molecular weight is 555 g/mol. The van der Waals surface area contributed by atoms with Crippen molar-refractivity contribution in [2.75, 3.05) is 13.7 Å². The van der Waals surface area contributed by atoms with E-state index >= 15 is 0 Å². The first-order chi connectivity index (χ1) is 15.5. The molecular weight excluding hydrogens is 537 g/mol. The van der Waals surface area contributed by atoms with Crippen molar-refractivity contribution < 1.29 is 55.3 Å². The van der Waals surface area contributed by atoms with E-state index in [-0.39, 0.29) is 12.0 Å².